The maximum atomic E-state index is 12.9. The molecular formula is C33H25N6Na3O11S2. The average Bonchev–Trinajstić information content (AvgIpc) is 3.16. The van der Waals surface area contributed by atoms with Crippen molar-refractivity contribution in [2.45, 2.75) is 16.2 Å². The molecule has 22 heteroatoms. The molecule has 5 rings (SSSR count). The fraction of sp³-hybridized carbons (Fsp3) is 0.0909. The van der Waals surface area contributed by atoms with Crippen LogP contribution < -0.4 is 115 Å². The number of fused-ring (bicyclic) bond motifs is 1. The number of azo groups is 2. The standard InChI is InChI=1S/C33H28N6O11S2.3Na/c40-30(41)15-16-46-19-34-22-3-1-20(2-4-22)33(43)35-26-11-14-28-21(17-26)18-29(52-50-48-45)31(32(28)42)39-38-24-7-5-23(6-8-24)36-37-25-9-12-27(13-10-25)51-49-47-44;;;/h1-14,17-18,34,42,44-45H,15-16,19H2,(H,35,43)(H,40,41);;;/q;3*+1/p-3. The number of carboxylic acids is 1. The molecule has 0 unspecified atom stereocenters. The number of carbonyl (C=O) groups excluding carboxylic acids is 2. The number of aromatic hydroxyl groups is 1. The van der Waals surface area contributed by atoms with Crippen LogP contribution in [-0.2, 0) is 28.3 Å². The molecule has 3 N–H and O–H groups in total. The van der Waals surface area contributed by atoms with E-state index >= 15 is 0 Å². The normalized spacial score (nSPS) is 10.8. The fourth-order valence-electron chi connectivity index (χ4n) is 4.38. The zero-order chi connectivity index (χ0) is 36.7. The molecule has 0 atom stereocenters. The van der Waals surface area contributed by atoms with E-state index in [2.05, 4.69) is 49.8 Å². The number of nitrogens with one attached hydrogen (secondary N) is 2. The number of hydrogen-bond acceptors (Lipinski definition) is 18. The maximum absolute atomic E-state index is 12.9. The predicted molar refractivity (Wildman–Crippen MR) is 181 cm³/mol. The van der Waals surface area contributed by atoms with Gasteiger partial charge in [0.1, 0.15) is 12.4 Å². The van der Waals surface area contributed by atoms with Crippen molar-refractivity contribution in [3.8, 4) is 5.75 Å². The molecule has 5 aromatic rings. The largest absolute Gasteiger partial charge is 1.00 e. The van der Waals surface area contributed by atoms with Crippen molar-refractivity contribution in [1.29, 1.82) is 0 Å². The molecule has 0 spiro atoms. The van der Waals surface area contributed by atoms with E-state index in [0.29, 0.717) is 61.7 Å². The number of carbonyl (C=O) groups is 2. The smallest absolute Gasteiger partial charge is 0.691 e. The van der Waals surface area contributed by atoms with Crippen molar-refractivity contribution < 1.29 is 142 Å². The zero-order valence-electron chi connectivity index (χ0n) is 29.5. The summed E-state index contributed by atoms with van der Waals surface area (Å²) >= 11 is 1.28. The van der Waals surface area contributed by atoms with E-state index < -0.39 is 11.9 Å². The topological polar surface area (TPSA) is 243 Å². The minimum absolute atomic E-state index is 0. The first-order valence-corrected chi connectivity index (χ1v) is 16.3. The van der Waals surface area contributed by atoms with Crippen molar-refractivity contribution in [2.75, 3.05) is 24.0 Å². The first kappa shape index (κ1) is 48.7. The monoisotopic (exact) mass is 814 g/mol. The van der Waals surface area contributed by atoms with Crippen molar-refractivity contribution in [3.05, 3.63) is 103 Å². The number of benzene rings is 5. The number of rotatable bonds is 18. The summed E-state index contributed by atoms with van der Waals surface area (Å²) < 4.78 is 14.0. The molecule has 55 heavy (non-hydrogen) atoms. The summed E-state index contributed by atoms with van der Waals surface area (Å²) in [6.07, 6.45) is -0.213. The third-order valence-electron chi connectivity index (χ3n) is 6.83. The van der Waals surface area contributed by atoms with Gasteiger partial charge in [-0.05, 0) is 102 Å². The summed E-state index contributed by atoms with van der Waals surface area (Å²) in [5, 5.41) is 72.4. The summed E-state index contributed by atoms with van der Waals surface area (Å²) in [7, 11) is 0. The Bertz CT molecular complexity index is 2050. The molecule has 0 saturated carbocycles. The van der Waals surface area contributed by atoms with Gasteiger partial charge in [0.15, 0.2) is 5.75 Å². The molecule has 0 aromatic heterocycles. The van der Waals surface area contributed by atoms with Crippen molar-refractivity contribution in [1.82, 2.24) is 0 Å². The number of phenols is 1. The minimum atomic E-state index is -1.20. The number of nitrogens with zero attached hydrogens (tertiary/aromatic N) is 4. The summed E-state index contributed by atoms with van der Waals surface area (Å²) in [5.74, 6) is -1.86. The summed E-state index contributed by atoms with van der Waals surface area (Å²) in [5.41, 5.74) is 2.94. The molecule has 0 heterocycles. The van der Waals surface area contributed by atoms with Crippen molar-refractivity contribution in [2.24, 2.45) is 20.5 Å². The molecule has 1 amide bonds. The van der Waals surface area contributed by atoms with Crippen LogP contribution in [0.15, 0.2) is 127 Å². The van der Waals surface area contributed by atoms with Gasteiger partial charge in [-0.15, -0.1) is 5.11 Å². The molecule has 0 fully saturated rings. The van der Waals surface area contributed by atoms with E-state index in [-0.39, 0.29) is 125 Å². The molecule has 0 radical (unpaired) electrons. The molecule has 0 aliphatic heterocycles. The van der Waals surface area contributed by atoms with E-state index in [1.807, 2.05) is 0 Å². The van der Waals surface area contributed by atoms with E-state index in [4.69, 9.17) is 4.74 Å². The van der Waals surface area contributed by atoms with E-state index in [0.717, 1.165) is 12.0 Å². The van der Waals surface area contributed by atoms with Gasteiger partial charge in [-0.2, -0.15) is 24.0 Å². The van der Waals surface area contributed by atoms with Crippen molar-refractivity contribution in [3.63, 3.8) is 0 Å². The van der Waals surface area contributed by atoms with Gasteiger partial charge in [0.05, 0.1) is 52.7 Å². The van der Waals surface area contributed by atoms with Crippen LogP contribution in [0.3, 0.4) is 0 Å². The third kappa shape index (κ3) is 15.4. The Balaban J connectivity index is 0.00000348. The second-order valence-corrected chi connectivity index (χ2v) is 11.8. The fourth-order valence-corrected chi connectivity index (χ4v) is 5.22. The summed E-state index contributed by atoms with van der Waals surface area (Å²) in [4.78, 5) is 24.2. The zero-order valence-corrected chi connectivity index (χ0v) is 37.1. The molecule has 0 aliphatic rings. The van der Waals surface area contributed by atoms with E-state index in [9.17, 15) is 30.3 Å². The molecule has 17 nitrogen and oxygen atoms in total. The number of phenolic OH excluding ortho intramolecular Hbond substituents is 1. The van der Waals surface area contributed by atoms with Crippen LogP contribution in [0.25, 0.3) is 10.8 Å². The van der Waals surface area contributed by atoms with Gasteiger partial charge in [0, 0.05) is 39.6 Å². The Morgan fingerprint density at radius 3 is 1.87 bits per heavy atom. The van der Waals surface area contributed by atoms with Crippen LogP contribution >= 0.6 is 24.1 Å². The van der Waals surface area contributed by atoms with Gasteiger partial charge in [-0.1, -0.05) is 0 Å². The maximum Gasteiger partial charge on any atom is 1.00 e. The number of ether oxygens (including phenoxy) is 1. The van der Waals surface area contributed by atoms with Gasteiger partial charge < -0.3 is 40.9 Å². The van der Waals surface area contributed by atoms with Gasteiger partial charge in [0.2, 0.25) is 0 Å². The summed E-state index contributed by atoms with van der Waals surface area (Å²) in [6.45, 7) is 0.0882. The molecule has 5 aromatic carbocycles. The average molecular weight is 815 g/mol. The predicted octanol–water partition coefficient (Wildman–Crippen LogP) is -3.37. The van der Waals surface area contributed by atoms with Crippen LogP contribution in [0, 0.1) is 0 Å². The molecular weight excluding hydrogens is 789 g/mol. The first-order valence-electron chi connectivity index (χ1n) is 14.9. The van der Waals surface area contributed by atoms with Crippen LogP contribution in [0.1, 0.15) is 16.8 Å². The van der Waals surface area contributed by atoms with Gasteiger partial charge in [-0.25, -0.2) is 0 Å². The Morgan fingerprint density at radius 2 is 1.27 bits per heavy atom. The molecule has 0 aliphatic carbocycles. The van der Waals surface area contributed by atoms with Gasteiger partial charge >= 0.3 is 88.7 Å². The molecule has 268 valence electrons. The number of aliphatic carboxylic acids is 1. The van der Waals surface area contributed by atoms with Gasteiger partial charge in [-0.3, -0.25) is 14.9 Å². The Kier molecular flexibility index (Phi) is 22.7. The quantitative estimate of drug-likeness (QED) is 0.0149. The van der Waals surface area contributed by atoms with E-state index in [1.54, 1.807) is 97.1 Å². The van der Waals surface area contributed by atoms with Crippen LogP contribution in [-0.4, -0.2) is 30.3 Å². The number of hydrogen-bond donors (Lipinski definition) is 3. The number of amides is 1. The Morgan fingerprint density at radius 1 is 0.709 bits per heavy atom. The molecule has 0 bridgehead atoms. The SMILES string of the molecule is O=C([O-])CCOCNc1ccc(C(=O)Nc2ccc3c(O)c(N=Nc4ccc(N=Nc5ccc(SOO[O-])cc5)cc4)c(SOO[O-])cc3c2)cc1.[Na+].[Na+].[Na+]. The Hall–Kier alpha value is -2.48. The van der Waals surface area contributed by atoms with Crippen molar-refractivity contribution >= 4 is 80.9 Å². The minimum Gasteiger partial charge on any atom is -0.691 e. The third-order valence-corrected chi connectivity index (χ3v) is 8.03. The van der Waals surface area contributed by atoms with Gasteiger partial charge in [0.25, 0.3) is 5.91 Å². The van der Waals surface area contributed by atoms with E-state index in [1.165, 1.54) is 0 Å². The second kappa shape index (κ2) is 25.7. The van der Waals surface area contributed by atoms with Crippen LogP contribution in [0.2, 0.25) is 0 Å². The Labute approximate surface area is 388 Å². The van der Waals surface area contributed by atoms with Crippen LogP contribution in [0.4, 0.5) is 34.1 Å². The molecule has 0 saturated heterocycles. The number of anilines is 2. The number of carboxylic acid groups (broad SMARTS) is 1. The van der Waals surface area contributed by atoms with Crippen LogP contribution in [0.5, 0.6) is 5.75 Å². The first-order chi connectivity index (χ1) is 25.3. The summed E-state index contributed by atoms with van der Waals surface area (Å²) in [6, 6.07) is 26.2. The second-order valence-electron chi connectivity index (χ2n) is 10.2.